The van der Waals surface area contributed by atoms with E-state index in [0.29, 0.717) is 48.7 Å². The molecule has 1 amide bonds. The molecule has 0 unspecified atom stereocenters. The number of amides is 1. The molecule has 3 aromatic rings. The molecule has 4 rings (SSSR count). The Hall–Kier alpha value is -2.68. The molecule has 3 heterocycles. The van der Waals surface area contributed by atoms with Crippen molar-refractivity contribution in [3.63, 3.8) is 0 Å². The lowest BCUT2D eigenvalue weighted by molar-refractivity contribution is -0.137. The number of hydrogen-bond acceptors (Lipinski definition) is 4. The predicted molar refractivity (Wildman–Crippen MR) is 104 cm³/mol. The fourth-order valence-corrected chi connectivity index (χ4v) is 4.42. The summed E-state index contributed by atoms with van der Waals surface area (Å²) in [5, 5.41) is 0.436. The lowest BCUT2D eigenvalue weighted by atomic mass is 10.2. The van der Waals surface area contributed by atoms with Crippen molar-refractivity contribution in [1.82, 2.24) is 9.88 Å². The third kappa shape index (κ3) is 4.05. The molecule has 1 aliphatic heterocycles. The Kier molecular flexibility index (Phi) is 5.16. The number of anilines is 1. The molecule has 0 radical (unpaired) electrons. The minimum atomic E-state index is -4.42. The molecule has 1 fully saturated rings. The van der Waals surface area contributed by atoms with Crippen molar-refractivity contribution in [2.45, 2.75) is 12.6 Å². The molecule has 29 heavy (non-hydrogen) atoms. The standard InChI is InChI=1S/C20H17F4N3OS/c21-15-3-1-4-16-14(15)11-17(29-16)19(28)27-8-2-7-26(9-10-27)18-6-5-13(12-25-18)20(22,23)24/h1,3-6,11-12H,2,7-10H2. The second-order valence-electron chi connectivity index (χ2n) is 6.80. The van der Waals surface area contributed by atoms with Gasteiger partial charge < -0.3 is 9.80 Å². The van der Waals surface area contributed by atoms with Gasteiger partial charge in [-0.3, -0.25) is 4.79 Å². The quantitative estimate of drug-likeness (QED) is 0.556. The molecule has 0 N–H and O–H groups in total. The zero-order chi connectivity index (χ0) is 20.6. The van der Waals surface area contributed by atoms with Crippen LogP contribution in [0.5, 0.6) is 0 Å². The van der Waals surface area contributed by atoms with Crippen molar-refractivity contribution in [2.24, 2.45) is 0 Å². The van der Waals surface area contributed by atoms with Crippen LogP contribution >= 0.6 is 11.3 Å². The first-order valence-corrected chi connectivity index (χ1v) is 9.90. The van der Waals surface area contributed by atoms with Gasteiger partial charge in [0.2, 0.25) is 0 Å². The summed E-state index contributed by atoms with van der Waals surface area (Å²) in [5.74, 6) is -0.0581. The minimum Gasteiger partial charge on any atom is -0.355 e. The summed E-state index contributed by atoms with van der Waals surface area (Å²) in [4.78, 5) is 20.9. The normalized spacial score (nSPS) is 15.6. The number of hydrogen-bond donors (Lipinski definition) is 0. The van der Waals surface area contributed by atoms with Gasteiger partial charge in [-0.05, 0) is 36.8 Å². The van der Waals surface area contributed by atoms with E-state index in [1.165, 1.54) is 23.5 Å². The van der Waals surface area contributed by atoms with E-state index < -0.39 is 11.7 Å². The summed E-state index contributed by atoms with van der Waals surface area (Å²) in [7, 11) is 0. The highest BCUT2D eigenvalue weighted by molar-refractivity contribution is 7.20. The van der Waals surface area contributed by atoms with Crippen LogP contribution in [0.4, 0.5) is 23.4 Å². The van der Waals surface area contributed by atoms with Gasteiger partial charge in [0.05, 0.1) is 10.4 Å². The van der Waals surface area contributed by atoms with Gasteiger partial charge in [-0.15, -0.1) is 11.3 Å². The number of alkyl halides is 3. The zero-order valence-electron chi connectivity index (χ0n) is 15.2. The minimum absolute atomic E-state index is 0.159. The zero-order valence-corrected chi connectivity index (χ0v) is 16.1. The van der Waals surface area contributed by atoms with E-state index >= 15 is 0 Å². The van der Waals surface area contributed by atoms with Gasteiger partial charge in [0.15, 0.2) is 0 Å². The van der Waals surface area contributed by atoms with Crippen LogP contribution in [0.15, 0.2) is 42.6 Å². The van der Waals surface area contributed by atoms with Gasteiger partial charge in [-0.1, -0.05) is 6.07 Å². The summed E-state index contributed by atoms with van der Waals surface area (Å²) in [5.41, 5.74) is -0.787. The molecule has 1 aliphatic rings. The first-order valence-electron chi connectivity index (χ1n) is 9.08. The molecular formula is C20H17F4N3OS. The van der Waals surface area contributed by atoms with Crippen LogP contribution in [-0.4, -0.2) is 42.0 Å². The first-order chi connectivity index (χ1) is 13.8. The van der Waals surface area contributed by atoms with E-state index in [1.807, 2.05) is 4.90 Å². The second kappa shape index (κ2) is 7.62. The lowest BCUT2D eigenvalue weighted by Gasteiger charge is -2.23. The number of halogens is 4. The Morgan fingerprint density at radius 1 is 1.07 bits per heavy atom. The number of pyridine rings is 1. The number of carbonyl (C=O) groups excluding carboxylic acids is 1. The third-order valence-electron chi connectivity index (χ3n) is 4.90. The first kappa shape index (κ1) is 19.6. The maximum atomic E-state index is 13.9. The molecule has 0 saturated carbocycles. The molecule has 1 saturated heterocycles. The second-order valence-corrected chi connectivity index (χ2v) is 7.88. The van der Waals surface area contributed by atoms with Gasteiger partial charge in [0, 0.05) is 42.5 Å². The number of thiophene rings is 1. The highest BCUT2D eigenvalue weighted by Crippen LogP contribution is 2.30. The van der Waals surface area contributed by atoms with Gasteiger partial charge in [0.1, 0.15) is 11.6 Å². The Balaban J connectivity index is 1.46. The largest absolute Gasteiger partial charge is 0.417 e. The highest BCUT2D eigenvalue weighted by atomic mass is 32.1. The Bertz CT molecular complexity index is 1030. The predicted octanol–water partition coefficient (Wildman–Crippen LogP) is 4.81. The van der Waals surface area contributed by atoms with E-state index in [0.717, 1.165) is 17.0 Å². The summed E-state index contributed by atoms with van der Waals surface area (Å²) < 4.78 is 52.8. The van der Waals surface area contributed by atoms with Gasteiger partial charge >= 0.3 is 6.18 Å². The van der Waals surface area contributed by atoms with Crippen molar-refractivity contribution in [3.8, 4) is 0 Å². The van der Waals surface area contributed by atoms with E-state index in [4.69, 9.17) is 0 Å². The monoisotopic (exact) mass is 423 g/mol. The Morgan fingerprint density at radius 2 is 1.90 bits per heavy atom. The van der Waals surface area contributed by atoms with Crippen molar-refractivity contribution >= 4 is 33.1 Å². The molecule has 9 heteroatoms. The van der Waals surface area contributed by atoms with Gasteiger partial charge in [0.25, 0.3) is 5.91 Å². The molecule has 152 valence electrons. The topological polar surface area (TPSA) is 36.4 Å². The number of aromatic nitrogens is 1. The van der Waals surface area contributed by atoms with Crippen LogP contribution < -0.4 is 4.90 Å². The van der Waals surface area contributed by atoms with Crippen molar-refractivity contribution in [1.29, 1.82) is 0 Å². The molecule has 0 spiro atoms. The molecule has 1 aromatic carbocycles. The SMILES string of the molecule is O=C(c1cc2c(F)cccc2s1)N1CCCN(c2ccc(C(F)(F)F)cn2)CC1. The Labute approximate surface area is 168 Å². The maximum absolute atomic E-state index is 13.9. The Morgan fingerprint density at radius 3 is 2.59 bits per heavy atom. The molecule has 0 aliphatic carbocycles. The average molecular weight is 423 g/mol. The van der Waals surface area contributed by atoms with E-state index in [2.05, 4.69) is 4.98 Å². The van der Waals surface area contributed by atoms with E-state index in [-0.39, 0.29) is 11.7 Å². The summed E-state index contributed by atoms with van der Waals surface area (Å²) >= 11 is 1.26. The van der Waals surface area contributed by atoms with E-state index in [1.54, 1.807) is 23.1 Å². The van der Waals surface area contributed by atoms with Crippen molar-refractivity contribution in [3.05, 3.63) is 58.9 Å². The van der Waals surface area contributed by atoms with Crippen molar-refractivity contribution in [2.75, 3.05) is 31.1 Å². The molecule has 4 nitrogen and oxygen atoms in total. The fraction of sp³-hybridized carbons (Fsp3) is 0.300. The summed E-state index contributed by atoms with van der Waals surface area (Å²) in [6.07, 6.45) is -2.93. The number of rotatable bonds is 2. The van der Waals surface area contributed by atoms with Crippen LogP contribution in [-0.2, 0) is 6.18 Å². The average Bonchev–Trinajstić information content (AvgIpc) is 2.98. The third-order valence-corrected chi connectivity index (χ3v) is 5.99. The summed E-state index contributed by atoms with van der Waals surface area (Å²) in [6.45, 7) is 1.98. The lowest BCUT2D eigenvalue weighted by Crippen LogP contribution is -2.35. The van der Waals surface area contributed by atoms with Crippen LogP contribution in [0, 0.1) is 5.82 Å². The number of benzene rings is 1. The van der Waals surface area contributed by atoms with Gasteiger partial charge in [-0.2, -0.15) is 13.2 Å². The molecule has 0 bridgehead atoms. The number of carbonyl (C=O) groups is 1. The maximum Gasteiger partial charge on any atom is 0.417 e. The van der Waals surface area contributed by atoms with Crippen LogP contribution in [0.3, 0.4) is 0 Å². The van der Waals surface area contributed by atoms with Gasteiger partial charge in [-0.25, -0.2) is 9.37 Å². The van der Waals surface area contributed by atoms with E-state index in [9.17, 15) is 22.4 Å². The van der Waals surface area contributed by atoms with Crippen LogP contribution in [0.25, 0.3) is 10.1 Å². The highest BCUT2D eigenvalue weighted by Gasteiger charge is 2.31. The number of nitrogens with zero attached hydrogens (tertiary/aromatic N) is 3. The number of fused-ring (bicyclic) bond motifs is 1. The fourth-order valence-electron chi connectivity index (χ4n) is 3.38. The molecular weight excluding hydrogens is 406 g/mol. The smallest absolute Gasteiger partial charge is 0.355 e. The summed E-state index contributed by atoms with van der Waals surface area (Å²) in [6, 6.07) is 8.71. The van der Waals surface area contributed by atoms with Crippen LogP contribution in [0.2, 0.25) is 0 Å². The molecule has 2 aromatic heterocycles. The van der Waals surface area contributed by atoms with Crippen LogP contribution in [0.1, 0.15) is 21.7 Å². The molecule has 0 atom stereocenters. The van der Waals surface area contributed by atoms with Crippen molar-refractivity contribution < 1.29 is 22.4 Å².